The Kier molecular flexibility index (Phi) is 9.21. The zero-order chi connectivity index (χ0) is 20.9. The highest BCUT2D eigenvalue weighted by Crippen LogP contribution is 2.32. The van der Waals surface area contributed by atoms with E-state index >= 15 is 0 Å². The first-order valence-corrected chi connectivity index (χ1v) is 11.7. The number of nitrogens with one attached hydrogen (secondary N) is 2. The van der Waals surface area contributed by atoms with Crippen LogP contribution in [0.3, 0.4) is 0 Å². The van der Waals surface area contributed by atoms with Gasteiger partial charge in [0, 0.05) is 44.0 Å². The fourth-order valence-electron chi connectivity index (χ4n) is 5.18. The lowest BCUT2D eigenvalue weighted by atomic mass is 9.82. The molecule has 4 rings (SSSR count). The van der Waals surface area contributed by atoms with Crippen LogP contribution in [0.25, 0.3) is 0 Å². The van der Waals surface area contributed by atoms with E-state index in [2.05, 4.69) is 58.4 Å². The summed E-state index contributed by atoms with van der Waals surface area (Å²) in [6.07, 6.45) is 8.63. The predicted octanol–water partition coefficient (Wildman–Crippen LogP) is 3.00. The summed E-state index contributed by atoms with van der Waals surface area (Å²) in [7, 11) is 2.31. The Bertz CT molecular complexity index is 718. The number of hydrogen-bond donors (Lipinski definition) is 2. The van der Waals surface area contributed by atoms with E-state index in [9.17, 15) is 0 Å². The number of morpholine rings is 1. The van der Waals surface area contributed by atoms with E-state index in [-0.39, 0.29) is 30.1 Å². The van der Waals surface area contributed by atoms with Crippen molar-refractivity contribution in [3.63, 3.8) is 0 Å². The van der Waals surface area contributed by atoms with Gasteiger partial charge in [0.05, 0.1) is 19.3 Å². The molecule has 7 nitrogen and oxygen atoms in total. The Hall–Kier alpha value is -1.13. The molecule has 1 aromatic heterocycles. The summed E-state index contributed by atoms with van der Waals surface area (Å²) < 4.78 is 5.66. The van der Waals surface area contributed by atoms with Crippen molar-refractivity contribution in [1.29, 1.82) is 0 Å². The second-order valence-electron chi connectivity index (χ2n) is 9.06. The van der Waals surface area contributed by atoms with E-state index in [0.29, 0.717) is 12.6 Å². The molecular formula is C23H39IN6O. The van der Waals surface area contributed by atoms with E-state index in [1.54, 1.807) is 0 Å². The van der Waals surface area contributed by atoms with E-state index in [4.69, 9.17) is 9.73 Å². The average molecular weight is 543 g/mol. The van der Waals surface area contributed by atoms with Crippen LogP contribution in [0.1, 0.15) is 51.5 Å². The van der Waals surface area contributed by atoms with Crippen molar-refractivity contribution in [2.24, 2.45) is 4.99 Å². The smallest absolute Gasteiger partial charge is 0.191 e. The van der Waals surface area contributed by atoms with E-state index in [0.717, 1.165) is 50.1 Å². The standard InChI is InChI=1S/C23H38N6O.HI/c1-4-24-23(27-19-13-20-6-5-7-21(14-19)28(20)3)26-15-18-8-9-25-22(12-18)29-10-11-30-17(2)16-29;/h8-9,12,17,19-21H,4-7,10-11,13-16H2,1-3H3,(H2,24,26,27);1H. The molecule has 0 spiro atoms. The minimum atomic E-state index is 0. The summed E-state index contributed by atoms with van der Waals surface area (Å²) in [5.41, 5.74) is 1.19. The summed E-state index contributed by atoms with van der Waals surface area (Å²) in [5.74, 6) is 1.96. The highest BCUT2D eigenvalue weighted by molar-refractivity contribution is 14.0. The Morgan fingerprint density at radius 2 is 2.06 bits per heavy atom. The third-order valence-electron chi connectivity index (χ3n) is 6.82. The number of piperidine rings is 2. The normalized spacial score (nSPS) is 29.3. The number of rotatable bonds is 5. The molecule has 174 valence electrons. The monoisotopic (exact) mass is 542 g/mol. The lowest BCUT2D eigenvalue weighted by Crippen LogP contribution is -2.56. The molecular weight excluding hydrogens is 503 g/mol. The molecule has 3 aliphatic rings. The second-order valence-corrected chi connectivity index (χ2v) is 9.06. The molecule has 3 unspecified atom stereocenters. The quantitative estimate of drug-likeness (QED) is 0.339. The zero-order valence-corrected chi connectivity index (χ0v) is 21.5. The number of pyridine rings is 1. The first-order chi connectivity index (χ1) is 14.6. The summed E-state index contributed by atoms with van der Waals surface area (Å²) in [5, 5.41) is 7.17. The number of nitrogens with zero attached hydrogens (tertiary/aromatic N) is 4. The number of hydrogen-bond acceptors (Lipinski definition) is 5. The molecule has 0 amide bonds. The third-order valence-corrected chi connectivity index (χ3v) is 6.82. The van der Waals surface area contributed by atoms with E-state index < -0.39 is 0 Å². The first-order valence-electron chi connectivity index (χ1n) is 11.7. The van der Waals surface area contributed by atoms with Crippen LogP contribution in [0.4, 0.5) is 5.82 Å². The largest absolute Gasteiger partial charge is 0.375 e. The van der Waals surface area contributed by atoms with Gasteiger partial charge in [0.15, 0.2) is 5.96 Å². The molecule has 0 aromatic carbocycles. The van der Waals surface area contributed by atoms with Crippen LogP contribution >= 0.6 is 24.0 Å². The van der Waals surface area contributed by atoms with Gasteiger partial charge in [-0.15, -0.1) is 24.0 Å². The van der Waals surface area contributed by atoms with Crippen LogP contribution in [0.5, 0.6) is 0 Å². The minimum Gasteiger partial charge on any atom is -0.375 e. The van der Waals surface area contributed by atoms with Gasteiger partial charge in [-0.1, -0.05) is 6.42 Å². The first kappa shape index (κ1) is 24.5. The number of aromatic nitrogens is 1. The molecule has 0 saturated carbocycles. The highest BCUT2D eigenvalue weighted by atomic mass is 127. The van der Waals surface area contributed by atoms with Gasteiger partial charge in [-0.05, 0) is 64.3 Å². The van der Waals surface area contributed by atoms with Crippen molar-refractivity contribution in [1.82, 2.24) is 20.5 Å². The second kappa shape index (κ2) is 11.7. The number of guanidine groups is 1. The van der Waals surface area contributed by atoms with Crippen LogP contribution in [0, 0.1) is 0 Å². The maximum atomic E-state index is 5.66. The Morgan fingerprint density at radius 1 is 1.29 bits per heavy atom. The van der Waals surface area contributed by atoms with Crippen molar-refractivity contribution in [3.8, 4) is 0 Å². The number of anilines is 1. The van der Waals surface area contributed by atoms with E-state index in [1.807, 2.05) is 6.20 Å². The van der Waals surface area contributed by atoms with Crippen molar-refractivity contribution in [2.45, 2.75) is 76.7 Å². The molecule has 4 heterocycles. The highest BCUT2D eigenvalue weighted by Gasteiger charge is 2.36. The molecule has 2 bridgehead atoms. The summed E-state index contributed by atoms with van der Waals surface area (Å²) in [6.45, 7) is 8.33. The fraction of sp³-hybridized carbons (Fsp3) is 0.739. The van der Waals surface area contributed by atoms with E-state index in [1.165, 1.54) is 37.7 Å². The Morgan fingerprint density at radius 3 is 2.77 bits per heavy atom. The van der Waals surface area contributed by atoms with Crippen LogP contribution in [-0.2, 0) is 11.3 Å². The lowest BCUT2D eigenvalue weighted by Gasteiger charge is -2.47. The molecule has 3 saturated heterocycles. The number of aliphatic imine (C=N–C) groups is 1. The molecule has 0 aliphatic carbocycles. The predicted molar refractivity (Wildman–Crippen MR) is 137 cm³/mol. The van der Waals surface area contributed by atoms with Gasteiger partial charge in [-0.3, -0.25) is 0 Å². The van der Waals surface area contributed by atoms with Crippen LogP contribution in [0.2, 0.25) is 0 Å². The summed E-state index contributed by atoms with van der Waals surface area (Å²) >= 11 is 0. The molecule has 0 radical (unpaired) electrons. The average Bonchev–Trinajstić information content (AvgIpc) is 2.73. The molecule has 3 atom stereocenters. The fourth-order valence-corrected chi connectivity index (χ4v) is 5.18. The molecule has 1 aromatic rings. The van der Waals surface area contributed by atoms with Gasteiger partial charge in [0.2, 0.25) is 0 Å². The lowest BCUT2D eigenvalue weighted by molar-refractivity contribution is 0.0526. The third kappa shape index (κ3) is 6.44. The molecule has 3 fully saturated rings. The molecule has 8 heteroatoms. The van der Waals surface area contributed by atoms with Gasteiger partial charge in [-0.2, -0.15) is 0 Å². The number of halogens is 1. The van der Waals surface area contributed by atoms with Gasteiger partial charge in [0.1, 0.15) is 5.82 Å². The van der Waals surface area contributed by atoms with Crippen molar-refractivity contribution >= 4 is 35.8 Å². The minimum absolute atomic E-state index is 0. The maximum absolute atomic E-state index is 5.66. The van der Waals surface area contributed by atoms with Gasteiger partial charge < -0.3 is 25.2 Å². The van der Waals surface area contributed by atoms with Crippen LogP contribution in [0.15, 0.2) is 23.3 Å². The topological polar surface area (TPSA) is 65.0 Å². The van der Waals surface area contributed by atoms with Crippen molar-refractivity contribution in [3.05, 3.63) is 23.9 Å². The Labute approximate surface area is 204 Å². The van der Waals surface area contributed by atoms with Crippen LogP contribution in [-0.4, -0.2) is 73.4 Å². The summed E-state index contributed by atoms with van der Waals surface area (Å²) in [4.78, 5) is 14.4. The van der Waals surface area contributed by atoms with Gasteiger partial charge in [0.25, 0.3) is 0 Å². The zero-order valence-electron chi connectivity index (χ0n) is 19.2. The molecule has 3 aliphatic heterocycles. The van der Waals surface area contributed by atoms with Gasteiger partial charge in [-0.25, -0.2) is 9.98 Å². The SMILES string of the molecule is CCNC(=NCc1ccnc(N2CCOC(C)C2)c1)NC1CC2CCCC(C1)N2C.I. The molecule has 2 N–H and O–H groups in total. The van der Waals surface area contributed by atoms with Crippen molar-refractivity contribution < 1.29 is 4.74 Å². The number of fused-ring (bicyclic) bond motifs is 2. The molecule has 31 heavy (non-hydrogen) atoms. The van der Waals surface area contributed by atoms with Crippen molar-refractivity contribution in [2.75, 3.05) is 38.2 Å². The number of ether oxygens (including phenoxy) is 1. The Balaban J connectivity index is 0.00000272. The van der Waals surface area contributed by atoms with Crippen LogP contribution < -0.4 is 15.5 Å². The maximum Gasteiger partial charge on any atom is 0.191 e. The summed E-state index contributed by atoms with van der Waals surface area (Å²) in [6, 6.07) is 6.19. The van der Waals surface area contributed by atoms with Gasteiger partial charge >= 0.3 is 0 Å².